The second-order valence-electron chi connectivity index (χ2n) is 8.86. The van der Waals surface area contributed by atoms with Gasteiger partial charge in [-0.05, 0) is 54.3 Å². The van der Waals surface area contributed by atoms with Gasteiger partial charge in [0.2, 0.25) is 5.91 Å². The number of aromatic nitrogens is 3. The molecule has 0 radical (unpaired) electrons. The topological polar surface area (TPSA) is 126 Å². The van der Waals surface area contributed by atoms with E-state index in [1.807, 2.05) is 37.3 Å². The molecule has 2 aromatic heterocycles. The van der Waals surface area contributed by atoms with E-state index in [9.17, 15) is 14.0 Å². The van der Waals surface area contributed by atoms with Crippen molar-refractivity contribution in [2.75, 3.05) is 11.9 Å². The van der Waals surface area contributed by atoms with Crippen LogP contribution in [0.25, 0.3) is 33.5 Å². The average molecular weight is 581 g/mol. The van der Waals surface area contributed by atoms with Gasteiger partial charge in [-0.2, -0.15) is 0 Å². The molecule has 0 saturated heterocycles. The van der Waals surface area contributed by atoms with Gasteiger partial charge in [0.1, 0.15) is 11.5 Å². The van der Waals surface area contributed by atoms with E-state index in [2.05, 4.69) is 25.6 Å². The number of benzene rings is 3. The first-order valence-corrected chi connectivity index (χ1v) is 12.0. The molecular weight excluding hydrogens is 554 g/mol. The monoisotopic (exact) mass is 580 g/mol. The van der Waals surface area contributed by atoms with Crippen molar-refractivity contribution in [3.63, 3.8) is 0 Å². The SMILES string of the molecule is C[C@@H](NC(=O)c1cc(NC(=O)CN)cc(-c2cnc(-c3cc4ccccc4cn3)[nH]2)c1)c1ccc(F)cc1.Cl.Cl. The molecule has 0 bridgehead atoms. The summed E-state index contributed by atoms with van der Waals surface area (Å²) in [5, 5.41) is 7.70. The first-order chi connectivity index (χ1) is 18.4. The lowest BCUT2D eigenvalue weighted by atomic mass is 10.0. The third kappa shape index (κ3) is 6.81. The van der Waals surface area contributed by atoms with Crippen LogP contribution in [0.4, 0.5) is 10.1 Å². The van der Waals surface area contributed by atoms with Gasteiger partial charge >= 0.3 is 0 Å². The van der Waals surface area contributed by atoms with Crippen molar-refractivity contribution < 1.29 is 14.0 Å². The summed E-state index contributed by atoms with van der Waals surface area (Å²) < 4.78 is 13.3. The van der Waals surface area contributed by atoms with Crippen LogP contribution in [0.1, 0.15) is 28.9 Å². The number of nitrogens with zero attached hydrogens (tertiary/aromatic N) is 2. The average Bonchev–Trinajstić information content (AvgIpc) is 3.43. The number of fused-ring (bicyclic) bond motifs is 1. The number of carbonyl (C=O) groups excluding carboxylic acids is 2. The molecule has 0 spiro atoms. The van der Waals surface area contributed by atoms with Crippen LogP contribution in [0.5, 0.6) is 0 Å². The summed E-state index contributed by atoms with van der Waals surface area (Å²) in [5.41, 5.74) is 8.92. The fourth-order valence-corrected chi connectivity index (χ4v) is 4.12. The quantitative estimate of drug-likeness (QED) is 0.197. The van der Waals surface area contributed by atoms with Crippen molar-refractivity contribution in [3.05, 3.63) is 102 Å². The van der Waals surface area contributed by atoms with Crippen molar-refractivity contribution in [2.45, 2.75) is 13.0 Å². The first-order valence-electron chi connectivity index (χ1n) is 12.0. The van der Waals surface area contributed by atoms with Crippen LogP contribution in [0.2, 0.25) is 0 Å². The summed E-state index contributed by atoms with van der Waals surface area (Å²) >= 11 is 0. The summed E-state index contributed by atoms with van der Waals surface area (Å²) in [4.78, 5) is 37.4. The zero-order chi connectivity index (χ0) is 26.6. The molecule has 40 heavy (non-hydrogen) atoms. The van der Waals surface area contributed by atoms with Crippen molar-refractivity contribution in [1.29, 1.82) is 0 Å². The fourth-order valence-electron chi connectivity index (χ4n) is 4.12. The maximum Gasteiger partial charge on any atom is 0.251 e. The highest BCUT2D eigenvalue weighted by molar-refractivity contribution is 5.99. The minimum absolute atomic E-state index is 0. The second kappa shape index (κ2) is 13.2. The molecule has 206 valence electrons. The molecule has 0 saturated carbocycles. The Morgan fingerprint density at radius 3 is 2.40 bits per heavy atom. The molecule has 1 atom stereocenters. The Kier molecular flexibility index (Phi) is 9.95. The third-order valence-electron chi connectivity index (χ3n) is 6.14. The lowest BCUT2D eigenvalue weighted by Crippen LogP contribution is -2.27. The largest absolute Gasteiger partial charge is 0.346 e. The van der Waals surface area contributed by atoms with Crippen molar-refractivity contribution in [2.24, 2.45) is 5.73 Å². The summed E-state index contributed by atoms with van der Waals surface area (Å²) in [6, 6.07) is 20.4. The van der Waals surface area contributed by atoms with Gasteiger partial charge < -0.3 is 21.4 Å². The van der Waals surface area contributed by atoms with Crippen LogP contribution in [-0.4, -0.2) is 33.3 Å². The Balaban J connectivity index is 0.00000220. The smallest absolute Gasteiger partial charge is 0.251 e. The Morgan fingerprint density at radius 1 is 0.950 bits per heavy atom. The van der Waals surface area contributed by atoms with Crippen molar-refractivity contribution in [1.82, 2.24) is 20.3 Å². The van der Waals surface area contributed by atoms with Crippen LogP contribution in [0.3, 0.4) is 0 Å². The Hall–Kier alpha value is -4.31. The fraction of sp³-hybridized carbons (Fsp3) is 0.103. The van der Waals surface area contributed by atoms with E-state index in [-0.39, 0.29) is 55.0 Å². The molecule has 8 nitrogen and oxygen atoms in total. The van der Waals surface area contributed by atoms with E-state index in [0.29, 0.717) is 34.0 Å². The number of hydrogen-bond acceptors (Lipinski definition) is 5. The lowest BCUT2D eigenvalue weighted by Gasteiger charge is -2.16. The highest BCUT2D eigenvalue weighted by Crippen LogP contribution is 2.27. The number of nitrogens with one attached hydrogen (secondary N) is 3. The van der Waals surface area contributed by atoms with E-state index >= 15 is 0 Å². The molecule has 0 aliphatic carbocycles. The van der Waals surface area contributed by atoms with Gasteiger partial charge in [-0.25, -0.2) is 9.37 Å². The molecule has 5 rings (SSSR count). The van der Waals surface area contributed by atoms with E-state index in [1.54, 1.807) is 42.7 Å². The van der Waals surface area contributed by atoms with Crippen molar-refractivity contribution >= 4 is 53.1 Å². The zero-order valence-corrected chi connectivity index (χ0v) is 23.0. The zero-order valence-electron chi connectivity index (χ0n) is 21.4. The van der Waals surface area contributed by atoms with Crippen LogP contribution >= 0.6 is 24.8 Å². The predicted octanol–water partition coefficient (Wildman–Crippen LogP) is 5.66. The summed E-state index contributed by atoms with van der Waals surface area (Å²) in [7, 11) is 0. The number of rotatable bonds is 7. The number of aromatic amines is 1. The molecule has 0 fully saturated rings. The molecule has 5 aromatic rings. The second-order valence-corrected chi connectivity index (χ2v) is 8.86. The molecule has 2 heterocycles. The number of carbonyl (C=O) groups is 2. The Bertz CT molecular complexity index is 1640. The minimum Gasteiger partial charge on any atom is -0.346 e. The number of anilines is 1. The van der Waals surface area contributed by atoms with Gasteiger partial charge in [-0.1, -0.05) is 36.4 Å². The molecule has 11 heteroatoms. The normalized spacial score (nSPS) is 11.2. The summed E-state index contributed by atoms with van der Waals surface area (Å²) in [6.07, 6.45) is 3.44. The number of nitrogens with two attached hydrogens (primary N) is 1. The standard InChI is InChI=1S/C29H25FN6O2.2ClH/c1-17(18-6-8-23(30)9-7-18)34-29(38)22-10-21(11-24(12-22)35-27(37)14-31)26-16-33-28(36-26)25-13-19-4-2-3-5-20(19)15-32-25;;/h2-13,15-17H,14,31H2,1H3,(H,33,36)(H,34,38)(H,35,37);2*1H/t17-;;/m1../s1. The Labute approximate surface area is 242 Å². The van der Waals surface area contributed by atoms with Gasteiger partial charge in [0.05, 0.1) is 24.5 Å². The minimum atomic E-state index is -0.390. The predicted molar refractivity (Wildman–Crippen MR) is 159 cm³/mol. The molecule has 0 unspecified atom stereocenters. The molecule has 0 aliphatic rings. The van der Waals surface area contributed by atoms with Crippen molar-refractivity contribution in [3.8, 4) is 22.8 Å². The third-order valence-corrected chi connectivity index (χ3v) is 6.14. The molecule has 5 N–H and O–H groups in total. The van der Waals surface area contributed by atoms with E-state index in [1.165, 1.54) is 12.1 Å². The maximum atomic E-state index is 13.3. The number of pyridine rings is 1. The van der Waals surface area contributed by atoms with Gasteiger partial charge in [0, 0.05) is 28.4 Å². The van der Waals surface area contributed by atoms with E-state index < -0.39 is 0 Å². The van der Waals surface area contributed by atoms with Crippen LogP contribution in [0, 0.1) is 5.82 Å². The van der Waals surface area contributed by atoms with Crippen LogP contribution < -0.4 is 16.4 Å². The summed E-state index contributed by atoms with van der Waals surface area (Å²) in [5.74, 6) is -0.530. The van der Waals surface area contributed by atoms with E-state index in [4.69, 9.17) is 5.73 Å². The highest BCUT2D eigenvalue weighted by atomic mass is 35.5. The number of amides is 2. The molecule has 2 amide bonds. The number of H-pyrrole nitrogens is 1. The molecular formula is C29H27Cl2FN6O2. The van der Waals surface area contributed by atoms with Gasteiger partial charge in [-0.15, -0.1) is 24.8 Å². The van der Waals surface area contributed by atoms with Gasteiger partial charge in [0.25, 0.3) is 5.91 Å². The molecule has 3 aromatic carbocycles. The van der Waals surface area contributed by atoms with Gasteiger partial charge in [0.15, 0.2) is 5.82 Å². The van der Waals surface area contributed by atoms with Crippen LogP contribution in [-0.2, 0) is 4.79 Å². The lowest BCUT2D eigenvalue weighted by molar-refractivity contribution is -0.114. The van der Waals surface area contributed by atoms with Gasteiger partial charge in [-0.3, -0.25) is 14.6 Å². The molecule has 0 aliphatic heterocycles. The number of hydrogen-bond donors (Lipinski definition) is 4. The Morgan fingerprint density at radius 2 is 1.68 bits per heavy atom. The van der Waals surface area contributed by atoms with E-state index in [0.717, 1.165) is 16.3 Å². The summed E-state index contributed by atoms with van der Waals surface area (Å²) in [6.45, 7) is 1.61. The van der Waals surface area contributed by atoms with Crippen LogP contribution in [0.15, 0.2) is 85.2 Å². The highest BCUT2D eigenvalue weighted by Gasteiger charge is 2.16. The number of imidazole rings is 1. The first kappa shape index (κ1) is 30.2. The number of halogens is 3. The maximum absolute atomic E-state index is 13.3.